The van der Waals surface area contributed by atoms with E-state index in [4.69, 9.17) is 0 Å². The third kappa shape index (κ3) is 1.88. The Hall–Kier alpha value is -3.02. The van der Waals surface area contributed by atoms with Crippen molar-refractivity contribution in [3.8, 4) is 0 Å². The summed E-state index contributed by atoms with van der Waals surface area (Å²) in [7, 11) is 0. The van der Waals surface area contributed by atoms with Crippen molar-refractivity contribution in [1.82, 2.24) is 25.0 Å². The maximum Gasteiger partial charge on any atom is 0.278 e. The van der Waals surface area contributed by atoms with Crippen LogP contribution in [0.4, 0.5) is 0 Å². The van der Waals surface area contributed by atoms with Crippen molar-refractivity contribution in [2.75, 3.05) is 0 Å². The fourth-order valence-electron chi connectivity index (χ4n) is 2.66. The van der Waals surface area contributed by atoms with Crippen LogP contribution >= 0.6 is 0 Å². The van der Waals surface area contributed by atoms with E-state index in [9.17, 15) is 4.79 Å². The van der Waals surface area contributed by atoms with Gasteiger partial charge >= 0.3 is 0 Å². The van der Waals surface area contributed by atoms with Gasteiger partial charge in [-0.05, 0) is 36.8 Å². The monoisotopic (exact) mass is 291 g/mol. The lowest BCUT2D eigenvalue weighted by Crippen LogP contribution is -2.10. The van der Waals surface area contributed by atoms with E-state index in [1.165, 1.54) is 0 Å². The van der Waals surface area contributed by atoms with E-state index >= 15 is 0 Å². The van der Waals surface area contributed by atoms with Gasteiger partial charge in [0.05, 0.1) is 17.1 Å². The summed E-state index contributed by atoms with van der Waals surface area (Å²) in [4.78, 5) is 18.7. The zero-order valence-electron chi connectivity index (χ0n) is 11.9. The van der Waals surface area contributed by atoms with Gasteiger partial charge in [0.15, 0.2) is 5.52 Å². The van der Waals surface area contributed by atoms with E-state index in [-0.39, 0.29) is 11.6 Å². The smallest absolute Gasteiger partial charge is 0.278 e. The van der Waals surface area contributed by atoms with Gasteiger partial charge < -0.3 is 4.98 Å². The van der Waals surface area contributed by atoms with Gasteiger partial charge in [-0.3, -0.25) is 9.78 Å². The number of aromatic nitrogens is 5. The maximum absolute atomic E-state index is 11.7. The summed E-state index contributed by atoms with van der Waals surface area (Å²) < 4.78 is 1.77. The van der Waals surface area contributed by atoms with Gasteiger partial charge in [-0.1, -0.05) is 17.3 Å². The van der Waals surface area contributed by atoms with Crippen LogP contribution in [0.5, 0.6) is 0 Å². The van der Waals surface area contributed by atoms with Gasteiger partial charge in [0, 0.05) is 17.8 Å². The van der Waals surface area contributed by atoms with Crippen LogP contribution in [-0.4, -0.2) is 25.0 Å². The predicted molar refractivity (Wildman–Crippen MR) is 83.7 cm³/mol. The average molecular weight is 291 g/mol. The molecule has 0 saturated heterocycles. The molecule has 3 heterocycles. The predicted octanol–water partition coefficient (Wildman–Crippen LogP) is 2.28. The minimum absolute atomic E-state index is 0.0311. The van der Waals surface area contributed by atoms with Crippen LogP contribution in [0.2, 0.25) is 0 Å². The van der Waals surface area contributed by atoms with Crippen LogP contribution in [0.1, 0.15) is 18.5 Å². The Morgan fingerprint density at radius 3 is 3.05 bits per heavy atom. The first kappa shape index (κ1) is 12.7. The minimum atomic E-state index is -0.223. The second kappa shape index (κ2) is 4.77. The number of rotatable bonds is 2. The second-order valence-corrected chi connectivity index (χ2v) is 5.21. The Kier molecular flexibility index (Phi) is 2.75. The van der Waals surface area contributed by atoms with Gasteiger partial charge in [0.25, 0.3) is 5.56 Å². The summed E-state index contributed by atoms with van der Waals surface area (Å²) in [6.07, 6.45) is 3.39. The zero-order chi connectivity index (χ0) is 15.1. The standard InChI is InChI=1S/C16H13N5O/c1-10(11-4-5-13-12(9-11)3-2-7-17-13)21-14-6-8-18-16(22)15(14)19-20-21/h2-10H,1H3,(H,18,22)/t10-/m0/s1. The molecule has 0 saturated carbocycles. The molecule has 6 heteroatoms. The molecule has 1 aromatic carbocycles. The Morgan fingerprint density at radius 2 is 2.14 bits per heavy atom. The van der Waals surface area contributed by atoms with Crippen molar-refractivity contribution in [2.24, 2.45) is 0 Å². The minimum Gasteiger partial charge on any atom is -0.327 e. The number of nitrogens with zero attached hydrogens (tertiary/aromatic N) is 4. The topological polar surface area (TPSA) is 76.5 Å². The van der Waals surface area contributed by atoms with Crippen LogP contribution in [0.15, 0.2) is 53.6 Å². The van der Waals surface area contributed by atoms with E-state index in [1.807, 2.05) is 37.3 Å². The van der Waals surface area contributed by atoms with Gasteiger partial charge in [-0.2, -0.15) is 0 Å². The molecule has 0 aliphatic carbocycles. The summed E-state index contributed by atoms with van der Waals surface area (Å²) in [6, 6.07) is 11.8. The molecule has 4 aromatic rings. The van der Waals surface area contributed by atoms with Crippen LogP contribution in [0.25, 0.3) is 21.9 Å². The van der Waals surface area contributed by atoms with Crippen molar-refractivity contribution in [2.45, 2.75) is 13.0 Å². The fraction of sp³-hybridized carbons (Fsp3) is 0.125. The van der Waals surface area contributed by atoms with Crippen molar-refractivity contribution >= 4 is 21.9 Å². The van der Waals surface area contributed by atoms with Crippen molar-refractivity contribution in [3.63, 3.8) is 0 Å². The van der Waals surface area contributed by atoms with E-state index < -0.39 is 0 Å². The summed E-state index contributed by atoms with van der Waals surface area (Å²) in [5.41, 5.74) is 2.91. The number of aromatic amines is 1. The van der Waals surface area contributed by atoms with Crippen LogP contribution in [0.3, 0.4) is 0 Å². The molecule has 22 heavy (non-hydrogen) atoms. The molecule has 1 N–H and O–H groups in total. The largest absolute Gasteiger partial charge is 0.327 e. The summed E-state index contributed by atoms with van der Waals surface area (Å²) in [6.45, 7) is 2.03. The SMILES string of the molecule is C[C@@H](c1ccc2ncccc2c1)n1nnc2c(=O)[nH]ccc21. The normalized spacial score (nSPS) is 12.8. The molecule has 3 aromatic heterocycles. The Morgan fingerprint density at radius 1 is 1.23 bits per heavy atom. The lowest BCUT2D eigenvalue weighted by atomic mass is 10.1. The molecule has 0 fully saturated rings. The van der Waals surface area contributed by atoms with Crippen LogP contribution in [0, 0.1) is 0 Å². The summed E-state index contributed by atoms with van der Waals surface area (Å²) in [5, 5.41) is 9.21. The van der Waals surface area contributed by atoms with Gasteiger partial charge in [-0.25, -0.2) is 4.68 Å². The van der Waals surface area contributed by atoms with Gasteiger partial charge in [0.2, 0.25) is 0 Å². The quantitative estimate of drug-likeness (QED) is 0.614. The number of H-pyrrole nitrogens is 1. The lowest BCUT2D eigenvalue weighted by molar-refractivity contribution is 0.560. The molecule has 0 spiro atoms. The Bertz CT molecular complexity index is 1030. The molecule has 0 bridgehead atoms. The Balaban J connectivity index is 1.86. The van der Waals surface area contributed by atoms with Crippen LogP contribution in [-0.2, 0) is 0 Å². The van der Waals surface area contributed by atoms with Crippen molar-refractivity contribution < 1.29 is 0 Å². The molecule has 0 radical (unpaired) electrons. The van der Waals surface area contributed by atoms with E-state index in [0.717, 1.165) is 22.0 Å². The molecule has 6 nitrogen and oxygen atoms in total. The number of nitrogens with one attached hydrogen (secondary N) is 1. The lowest BCUT2D eigenvalue weighted by Gasteiger charge is -2.13. The number of hydrogen-bond donors (Lipinski definition) is 1. The highest BCUT2D eigenvalue weighted by atomic mass is 16.1. The first-order valence-corrected chi connectivity index (χ1v) is 7.01. The molecule has 0 aliphatic rings. The average Bonchev–Trinajstić information content (AvgIpc) is 2.99. The summed E-state index contributed by atoms with van der Waals surface area (Å²) >= 11 is 0. The van der Waals surface area contributed by atoms with E-state index in [2.05, 4.69) is 26.3 Å². The highest BCUT2D eigenvalue weighted by Gasteiger charge is 2.15. The zero-order valence-corrected chi connectivity index (χ0v) is 11.9. The van der Waals surface area contributed by atoms with Crippen LogP contribution < -0.4 is 5.56 Å². The highest BCUT2D eigenvalue weighted by Crippen LogP contribution is 2.23. The number of hydrogen-bond acceptors (Lipinski definition) is 4. The molecule has 1 atom stereocenters. The fourth-order valence-corrected chi connectivity index (χ4v) is 2.66. The summed E-state index contributed by atoms with van der Waals surface area (Å²) in [5.74, 6) is 0. The number of benzene rings is 1. The van der Waals surface area contributed by atoms with E-state index in [0.29, 0.717) is 5.52 Å². The van der Waals surface area contributed by atoms with Gasteiger partial charge in [-0.15, -0.1) is 5.10 Å². The van der Waals surface area contributed by atoms with Crippen molar-refractivity contribution in [3.05, 3.63) is 64.7 Å². The second-order valence-electron chi connectivity index (χ2n) is 5.21. The molecule has 0 unspecified atom stereocenters. The van der Waals surface area contributed by atoms with E-state index in [1.54, 1.807) is 17.1 Å². The number of pyridine rings is 2. The molecular formula is C16H13N5O. The first-order valence-electron chi connectivity index (χ1n) is 7.01. The Labute approximate surface area is 125 Å². The molecular weight excluding hydrogens is 278 g/mol. The van der Waals surface area contributed by atoms with Crippen molar-refractivity contribution in [1.29, 1.82) is 0 Å². The maximum atomic E-state index is 11.7. The first-order chi connectivity index (χ1) is 10.7. The molecule has 0 aliphatic heterocycles. The third-order valence-corrected chi connectivity index (χ3v) is 3.88. The highest BCUT2D eigenvalue weighted by molar-refractivity contribution is 5.79. The number of fused-ring (bicyclic) bond motifs is 2. The van der Waals surface area contributed by atoms with Gasteiger partial charge in [0.1, 0.15) is 0 Å². The molecule has 108 valence electrons. The molecule has 4 rings (SSSR count). The third-order valence-electron chi connectivity index (χ3n) is 3.88. The molecule has 0 amide bonds.